The molecule has 5 nitrogen and oxygen atoms in total. The maximum atomic E-state index is 11.4. The maximum absolute atomic E-state index is 11.4. The van der Waals surface area contributed by atoms with E-state index in [0.717, 1.165) is 0 Å². The second-order valence-electron chi connectivity index (χ2n) is 3.30. The van der Waals surface area contributed by atoms with Crippen molar-refractivity contribution in [2.75, 3.05) is 6.61 Å². The van der Waals surface area contributed by atoms with Crippen LogP contribution in [0.4, 0.5) is 0 Å². The third-order valence-corrected chi connectivity index (χ3v) is 1.98. The van der Waals surface area contributed by atoms with Crippen molar-refractivity contribution < 1.29 is 14.4 Å². The smallest absolute Gasteiger partial charge is 0.284 e. The van der Waals surface area contributed by atoms with Crippen LogP contribution in [-0.4, -0.2) is 18.6 Å². The number of benzene rings is 1. The quantitative estimate of drug-likeness (QED) is 0.781. The SMILES string of the molecule is CCONC(=O)C(C)Oc1ccc(C#N)cc1. The van der Waals surface area contributed by atoms with Crippen molar-refractivity contribution in [2.24, 2.45) is 0 Å². The van der Waals surface area contributed by atoms with Crippen molar-refractivity contribution in [3.05, 3.63) is 29.8 Å². The van der Waals surface area contributed by atoms with Gasteiger partial charge in [-0.1, -0.05) is 0 Å². The molecule has 5 heteroatoms. The minimum absolute atomic E-state index is 0.351. The molecule has 1 aromatic carbocycles. The van der Waals surface area contributed by atoms with Gasteiger partial charge in [0, 0.05) is 0 Å². The molecule has 1 rings (SSSR count). The van der Waals surface area contributed by atoms with Crippen molar-refractivity contribution in [1.82, 2.24) is 5.48 Å². The third-order valence-electron chi connectivity index (χ3n) is 1.98. The molecule has 0 radical (unpaired) electrons. The van der Waals surface area contributed by atoms with Gasteiger partial charge in [0.25, 0.3) is 5.91 Å². The molecule has 0 bridgehead atoms. The van der Waals surface area contributed by atoms with Gasteiger partial charge in [0.05, 0.1) is 18.2 Å². The second kappa shape index (κ2) is 6.51. The topological polar surface area (TPSA) is 71.3 Å². The fourth-order valence-electron chi connectivity index (χ4n) is 1.09. The average molecular weight is 234 g/mol. The standard InChI is InChI=1S/C12H14N2O3/c1-3-16-14-12(15)9(2)17-11-6-4-10(8-13)5-7-11/h4-7,9H,3H2,1-2H3,(H,14,15). The van der Waals surface area contributed by atoms with Gasteiger partial charge in [0.15, 0.2) is 6.10 Å². The molecule has 1 atom stereocenters. The van der Waals surface area contributed by atoms with Crippen LogP contribution in [0.2, 0.25) is 0 Å². The lowest BCUT2D eigenvalue weighted by molar-refractivity contribution is -0.139. The number of amides is 1. The van der Waals surface area contributed by atoms with E-state index >= 15 is 0 Å². The number of carbonyl (C=O) groups is 1. The summed E-state index contributed by atoms with van der Waals surface area (Å²) in [6.45, 7) is 3.79. The van der Waals surface area contributed by atoms with Crippen LogP contribution in [-0.2, 0) is 9.63 Å². The summed E-state index contributed by atoms with van der Waals surface area (Å²) in [6.07, 6.45) is -0.658. The van der Waals surface area contributed by atoms with Gasteiger partial charge < -0.3 is 4.74 Å². The number of rotatable bonds is 5. The Labute approximate surface area is 99.9 Å². The van der Waals surface area contributed by atoms with Crippen molar-refractivity contribution in [1.29, 1.82) is 5.26 Å². The molecule has 0 saturated heterocycles. The lowest BCUT2D eigenvalue weighted by atomic mass is 10.2. The van der Waals surface area contributed by atoms with Gasteiger partial charge in [0.2, 0.25) is 0 Å². The molecule has 1 amide bonds. The minimum Gasteiger partial charge on any atom is -0.481 e. The number of nitrogens with one attached hydrogen (secondary N) is 1. The van der Waals surface area contributed by atoms with Crippen LogP contribution in [0.1, 0.15) is 19.4 Å². The Hall–Kier alpha value is -2.06. The van der Waals surface area contributed by atoms with Gasteiger partial charge in [-0.25, -0.2) is 5.48 Å². The molecule has 0 aromatic heterocycles. The summed E-state index contributed by atoms with van der Waals surface area (Å²) in [4.78, 5) is 16.2. The summed E-state index contributed by atoms with van der Waals surface area (Å²) >= 11 is 0. The van der Waals surface area contributed by atoms with E-state index in [1.165, 1.54) is 0 Å². The highest BCUT2D eigenvalue weighted by atomic mass is 16.7. The molecular formula is C12H14N2O3. The molecular weight excluding hydrogens is 220 g/mol. The Morgan fingerprint density at radius 1 is 1.47 bits per heavy atom. The van der Waals surface area contributed by atoms with Gasteiger partial charge in [-0.15, -0.1) is 0 Å². The van der Waals surface area contributed by atoms with Crippen molar-refractivity contribution in [3.8, 4) is 11.8 Å². The first-order valence-corrected chi connectivity index (χ1v) is 5.25. The number of nitrogens with zero attached hydrogens (tertiary/aromatic N) is 1. The number of hydrogen-bond acceptors (Lipinski definition) is 4. The van der Waals surface area contributed by atoms with E-state index in [2.05, 4.69) is 5.48 Å². The van der Waals surface area contributed by atoms with Crippen LogP contribution < -0.4 is 10.2 Å². The number of carbonyl (C=O) groups excluding carboxylic acids is 1. The molecule has 0 aliphatic carbocycles. The molecule has 0 spiro atoms. The number of nitriles is 1. The summed E-state index contributed by atoms with van der Waals surface area (Å²) in [5.74, 6) is 0.180. The van der Waals surface area contributed by atoms with E-state index in [9.17, 15) is 4.79 Å². The first-order chi connectivity index (χ1) is 8.17. The van der Waals surface area contributed by atoms with Gasteiger partial charge in [-0.05, 0) is 38.1 Å². The molecule has 0 saturated carbocycles. The molecule has 0 aliphatic heterocycles. The number of hydroxylamine groups is 1. The maximum Gasteiger partial charge on any atom is 0.284 e. The van der Waals surface area contributed by atoms with Crippen LogP contribution in [0.3, 0.4) is 0 Å². The summed E-state index contributed by atoms with van der Waals surface area (Å²) < 4.78 is 5.37. The first kappa shape index (κ1) is 13.0. The Balaban J connectivity index is 2.52. The summed E-state index contributed by atoms with van der Waals surface area (Å²) in [5, 5.41) is 8.62. The number of ether oxygens (including phenoxy) is 1. The molecule has 0 aliphatic rings. The Bertz CT molecular complexity index is 409. The van der Waals surface area contributed by atoms with Gasteiger partial charge >= 0.3 is 0 Å². The lowest BCUT2D eigenvalue weighted by Crippen LogP contribution is -2.36. The van der Waals surface area contributed by atoms with Crippen LogP contribution in [0, 0.1) is 11.3 Å². The van der Waals surface area contributed by atoms with E-state index in [1.807, 2.05) is 6.07 Å². The van der Waals surface area contributed by atoms with Crippen LogP contribution >= 0.6 is 0 Å². The first-order valence-electron chi connectivity index (χ1n) is 5.25. The predicted molar refractivity (Wildman–Crippen MR) is 61.0 cm³/mol. The lowest BCUT2D eigenvalue weighted by Gasteiger charge is -2.13. The number of hydrogen-bond donors (Lipinski definition) is 1. The fourth-order valence-corrected chi connectivity index (χ4v) is 1.09. The zero-order valence-electron chi connectivity index (χ0n) is 9.77. The summed E-state index contributed by atoms with van der Waals surface area (Å²) in [6, 6.07) is 8.54. The Kier molecular flexibility index (Phi) is 4.98. The zero-order chi connectivity index (χ0) is 12.7. The van der Waals surface area contributed by atoms with Gasteiger partial charge in [-0.2, -0.15) is 5.26 Å². The van der Waals surface area contributed by atoms with Crippen molar-refractivity contribution in [3.63, 3.8) is 0 Å². The molecule has 0 heterocycles. The van der Waals surface area contributed by atoms with E-state index in [4.69, 9.17) is 14.8 Å². The van der Waals surface area contributed by atoms with Crippen LogP contribution in [0.5, 0.6) is 5.75 Å². The van der Waals surface area contributed by atoms with E-state index < -0.39 is 6.10 Å². The Morgan fingerprint density at radius 2 is 2.12 bits per heavy atom. The second-order valence-corrected chi connectivity index (χ2v) is 3.30. The zero-order valence-corrected chi connectivity index (χ0v) is 9.77. The highest BCUT2D eigenvalue weighted by Crippen LogP contribution is 2.13. The van der Waals surface area contributed by atoms with Crippen molar-refractivity contribution in [2.45, 2.75) is 20.0 Å². The summed E-state index contributed by atoms with van der Waals surface area (Å²) in [5.41, 5.74) is 2.80. The van der Waals surface area contributed by atoms with Gasteiger partial charge in [0.1, 0.15) is 5.75 Å². The highest BCUT2D eigenvalue weighted by Gasteiger charge is 2.14. The molecule has 1 unspecified atom stereocenters. The predicted octanol–water partition coefficient (Wildman–Crippen LogP) is 1.39. The normalized spacial score (nSPS) is 11.4. The monoisotopic (exact) mass is 234 g/mol. The molecule has 1 N–H and O–H groups in total. The van der Waals surface area contributed by atoms with E-state index in [0.29, 0.717) is 17.9 Å². The van der Waals surface area contributed by atoms with Gasteiger partial charge in [-0.3, -0.25) is 9.63 Å². The molecule has 0 fully saturated rings. The van der Waals surface area contributed by atoms with E-state index in [-0.39, 0.29) is 5.91 Å². The van der Waals surface area contributed by atoms with Crippen molar-refractivity contribution >= 4 is 5.91 Å². The molecule has 17 heavy (non-hydrogen) atoms. The molecule has 1 aromatic rings. The largest absolute Gasteiger partial charge is 0.481 e. The van der Waals surface area contributed by atoms with E-state index in [1.54, 1.807) is 38.1 Å². The highest BCUT2D eigenvalue weighted by molar-refractivity contribution is 5.79. The average Bonchev–Trinajstić information content (AvgIpc) is 2.36. The molecule has 90 valence electrons. The van der Waals surface area contributed by atoms with Crippen LogP contribution in [0.25, 0.3) is 0 Å². The minimum atomic E-state index is -0.658. The summed E-state index contributed by atoms with van der Waals surface area (Å²) in [7, 11) is 0. The fraction of sp³-hybridized carbons (Fsp3) is 0.333. The van der Waals surface area contributed by atoms with Crippen LogP contribution in [0.15, 0.2) is 24.3 Å². The Morgan fingerprint density at radius 3 is 2.65 bits per heavy atom. The third kappa shape index (κ3) is 4.13.